The number of anilines is 1. The minimum Gasteiger partial charge on any atom is -0.358 e. The van der Waals surface area contributed by atoms with Gasteiger partial charge in [0.25, 0.3) is 0 Å². The first-order chi connectivity index (χ1) is 10.7. The van der Waals surface area contributed by atoms with Crippen LogP contribution in [0.4, 0.5) is 5.69 Å². The smallest absolute Gasteiger partial charge is 0.228 e. The van der Waals surface area contributed by atoms with Gasteiger partial charge in [-0.1, -0.05) is 30.2 Å². The Labute approximate surface area is 129 Å². The molecule has 3 aromatic rings. The van der Waals surface area contributed by atoms with Crippen molar-refractivity contribution in [1.82, 2.24) is 4.98 Å². The van der Waals surface area contributed by atoms with Gasteiger partial charge in [-0.15, -0.1) is 6.42 Å². The first-order valence-electron chi connectivity index (χ1n) is 7.10. The molecule has 0 atom stereocenters. The highest BCUT2D eigenvalue weighted by Gasteiger charge is 2.12. The fourth-order valence-corrected chi connectivity index (χ4v) is 2.62. The molecule has 3 rings (SSSR count). The van der Waals surface area contributed by atoms with Crippen molar-refractivity contribution in [3.8, 4) is 12.3 Å². The third-order valence-electron chi connectivity index (χ3n) is 3.68. The average Bonchev–Trinajstić information content (AvgIpc) is 2.83. The summed E-state index contributed by atoms with van der Waals surface area (Å²) in [7, 11) is 0. The topological polar surface area (TPSA) is 44.9 Å². The number of carbonyl (C=O) groups is 1. The van der Waals surface area contributed by atoms with E-state index in [2.05, 4.69) is 16.2 Å². The van der Waals surface area contributed by atoms with Gasteiger partial charge in [0.05, 0.1) is 6.42 Å². The Morgan fingerprint density at radius 2 is 2.05 bits per heavy atom. The summed E-state index contributed by atoms with van der Waals surface area (Å²) in [6.07, 6.45) is 5.70. The zero-order valence-electron chi connectivity index (χ0n) is 12.3. The number of fused-ring (bicyclic) bond motifs is 1. The second-order valence-electron chi connectivity index (χ2n) is 5.22. The molecule has 108 valence electrons. The van der Waals surface area contributed by atoms with Crippen molar-refractivity contribution >= 4 is 22.5 Å². The summed E-state index contributed by atoms with van der Waals surface area (Å²) in [5.41, 5.74) is 4.58. The van der Waals surface area contributed by atoms with E-state index in [1.807, 2.05) is 49.4 Å². The molecule has 3 heteroatoms. The Morgan fingerprint density at radius 3 is 2.86 bits per heavy atom. The molecule has 2 aromatic carbocycles. The molecule has 2 N–H and O–H groups in total. The van der Waals surface area contributed by atoms with E-state index >= 15 is 0 Å². The van der Waals surface area contributed by atoms with E-state index in [-0.39, 0.29) is 5.91 Å². The van der Waals surface area contributed by atoms with Gasteiger partial charge in [-0.05, 0) is 36.8 Å². The van der Waals surface area contributed by atoms with Crippen molar-refractivity contribution in [2.45, 2.75) is 13.3 Å². The number of hydrogen-bond donors (Lipinski definition) is 2. The summed E-state index contributed by atoms with van der Waals surface area (Å²) in [4.78, 5) is 15.6. The summed E-state index contributed by atoms with van der Waals surface area (Å²) in [5.74, 6) is 2.51. The molecule has 3 nitrogen and oxygen atoms in total. The molecule has 0 radical (unpaired) electrons. The average molecular weight is 288 g/mol. The van der Waals surface area contributed by atoms with Crippen LogP contribution in [-0.2, 0) is 11.2 Å². The molecule has 1 amide bonds. The molecule has 0 saturated carbocycles. The Morgan fingerprint density at radius 1 is 1.23 bits per heavy atom. The lowest BCUT2D eigenvalue weighted by atomic mass is 10.1. The van der Waals surface area contributed by atoms with Crippen LogP contribution >= 0.6 is 0 Å². The van der Waals surface area contributed by atoms with Crippen molar-refractivity contribution in [1.29, 1.82) is 0 Å². The van der Waals surface area contributed by atoms with Crippen molar-refractivity contribution < 1.29 is 4.79 Å². The van der Waals surface area contributed by atoms with Gasteiger partial charge in [0, 0.05) is 27.8 Å². The highest BCUT2D eigenvalue weighted by Crippen LogP contribution is 2.22. The number of benzene rings is 2. The van der Waals surface area contributed by atoms with Crippen molar-refractivity contribution in [2.75, 3.05) is 5.32 Å². The number of rotatable bonds is 3. The molecule has 22 heavy (non-hydrogen) atoms. The second kappa shape index (κ2) is 5.79. The van der Waals surface area contributed by atoms with E-state index in [1.54, 1.807) is 6.07 Å². The molecular weight excluding hydrogens is 272 g/mol. The molecule has 0 saturated heterocycles. The number of aryl methyl sites for hydroxylation is 1. The zero-order chi connectivity index (χ0) is 15.5. The molecule has 0 aliphatic heterocycles. The van der Waals surface area contributed by atoms with Gasteiger partial charge in [0.1, 0.15) is 0 Å². The number of carbonyl (C=O) groups excluding carboxylic acids is 1. The lowest BCUT2D eigenvalue weighted by molar-refractivity contribution is -0.115. The predicted octanol–water partition coefficient (Wildman–Crippen LogP) is 3.64. The monoisotopic (exact) mass is 288 g/mol. The van der Waals surface area contributed by atoms with Crippen LogP contribution in [0.1, 0.15) is 16.8 Å². The lowest BCUT2D eigenvalue weighted by Crippen LogP contribution is -2.14. The standard InChI is InChI=1S/C19H16N2O/c1-3-14-7-6-8-15(11-14)21-19(22)12-17-13(2)20-18-10-5-4-9-16(17)18/h1,4-11,20H,12H2,2H3,(H,21,22). The fraction of sp³-hybridized carbons (Fsp3) is 0.105. The highest BCUT2D eigenvalue weighted by molar-refractivity contribution is 5.96. The van der Waals surface area contributed by atoms with Gasteiger partial charge in [0.2, 0.25) is 5.91 Å². The van der Waals surface area contributed by atoms with Crippen LogP contribution in [0, 0.1) is 19.3 Å². The lowest BCUT2D eigenvalue weighted by Gasteiger charge is -2.06. The number of amides is 1. The SMILES string of the molecule is C#Cc1cccc(NC(=O)Cc2c(C)[nH]c3ccccc23)c1. The second-order valence-corrected chi connectivity index (χ2v) is 5.22. The van der Waals surface area contributed by atoms with Crippen LogP contribution in [0.15, 0.2) is 48.5 Å². The Hall–Kier alpha value is -2.99. The van der Waals surface area contributed by atoms with Gasteiger partial charge >= 0.3 is 0 Å². The summed E-state index contributed by atoms with van der Waals surface area (Å²) in [6.45, 7) is 1.99. The maximum Gasteiger partial charge on any atom is 0.228 e. The number of hydrogen-bond acceptors (Lipinski definition) is 1. The molecule has 0 bridgehead atoms. The quantitative estimate of drug-likeness (QED) is 0.710. The molecule has 1 aromatic heterocycles. The Kier molecular flexibility index (Phi) is 3.67. The molecule has 0 aliphatic carbocycles. The van der Waals surface area contributed by atoms with Gasteiger partial charge in [-0.2, -0.15) is 0 Å². The zero-order valence-corrected chi connectivity index (χ0v) is 12.3. The van der Waals surface area contributed by atoms with Gasteiger partial charge in [0.15, 0.2) is 0 Å². The largest absolute Gasteiger partial charge is 0.358 e. The van der Waals surface area contributed by atoms with E-state index in [0.717, 1.165) is 33.4 Å². The number of H-pyrrole nitrogens is 1. The van der Waals surface area contributed by atoms with Crippen LogP contribution in [0.3, 0.4) is 0 Å². The number of aromatic amines is 1. The summed E-state index contributed by atoms with van der Waals surface area (Å²) in [5, 5.41) is 3.99. The van der Waals surface area contributed by atoms with Gasteiger partial charge in [-0.25, -0.2) is 0 Å². The first kappa shape index (κ1) is 14.0. The normalized spacial score (nSPS) is 10.4. The van der Waals surface area contributed by atoms with Crippen molar-refractivity contribution in [3.05, 3.63) is 65.4 Å². The van der Waals surface area contributed by atoms with Crippen LogP contribution in [0.5, 0.6) is 0 Å². The van der Waals surface area contributed by atoms with Gasteiger partial charge in [-0.3, -0.25) is 4.79 Å². The number of aromatic nitrogens is 1. The summed E-state index contributed by atoms with van der Waals surface area (Å²) >= 11 is 0. The van der Waals surface area contributed by atoms with E-state index < -0.39 is 0 Å². The maximum atomic E-state index is 12.3. The van der Waals surface area contributed by atoms with E-state index in [0.29, 0.717) is 6.42 Å². The summed E-state index contributed by atoms with van der Waals surface area (Å²) < 4.78 is 0. The first-order valence-corrected chi connectivity index (χ1v) is 7.10. The van der Waals surface area contributed by atoms with E-state index in [1.165, 1.54) is 0 Å². The third-order valence-corrected chi connectivity index (χ3v) is 3.68. The predicted molar refractivity (Wildman–Crippen MR) is 89.7 cm³/mol. The summed E-state index contributed by atoms with van der Waals surface area (Å²) in [6, 6.07) is 15.3. The highest BCUT2D eigenvalue weighted by atomic mass is 16.1. The third kappa shape index (κ3) is 2.72. The molecule has 0 unspecified atom stereocenters. The molecule has 1 heterocycles. The number of terminal acetylenes is 1. The minimum absolute atomic E-state index is 0.0537. The fourth-order valence-electron chi connectivity index (χ4n) is 2.62. The van der Waals surface area contributed by atoms with E-state index in [9.17, 15) is 4.79 Å². The number of nitrogens with one attached hydrogen (secondary N) is 2. The molecule has 0 spiro atoms. The van der Waals surface area contributed by atoms with Crippen molar-refractivity contribution in [2.24, 2.45) is 0 Å². The van der Waals surface area contributed by atoms with Crippen LogP contribution in [0.25, 0.3) is 10.9 Å². The Bertz CT molecular complexity index is 884. The van der Waals surface area contributed by atoms with Gasteiger partial charge < -0.3 is 10.3 Å². The van der Waals surface area contributed by atoms with Crippen LogP contribution < -0.4 is 5.32 Å². The van der Waals surface area contributed by atoms with E-state index in [4.69, 9.17) is 6.42 Å². The van der Waals surface area contributed by atoms with Crippen molar-refractivity contribution in [3.63, 3.8) is 0 Å². The molecule has 0 fully saturated rings. The molecular formula is C19H16N2O. The molecule has 0 aliphatic rings. The van der Waals surface area contributed by atoms with Crippen LogP contribution in [-0.4, -0.2) is 10.9 Å². The van der Waals surface area contributed by atoms with Crippen LogP contribution in [0.2, 0.25) is 0 Å². The number of para-hydroxylation sites is 1. The maximum absolute atomic E-state index is 12.3. The Balaban J connectivity index is 1.81. The minimum atomic E-state index is -0.0537.